The second-order valence-corrected chi connectivity index (χ2v) is 8.89. The highest BCUT2D eigenvalue weighted by molar-refractivity contribution is 7.46. The molecule has 0 radical (unpaired) electrons. The molecule has 13 heteroatoms. The zero-order valence-electron chi connectivity index (χ0n) is 19.8. The van der Waals surface area contributed by atoms with Crippen molar-refractivity contribution in [2.24, 2.45) is 0 Å². The molecule has 0 bridgehead atoms. The van der Waals surface area contributed by atoms with Gasteiger partial charge in [-0.15, -0.1) is 0 Å². The van der Waals surface area contributed by atoms with Gasteiger partial charge in [0.2, 0.25) is 12.6 Å². The summed E-state index contributed by atoms with van der Waals surface area (Å²) in [4.78, 5) is 30.8. The van der Waals surface area contributed by atoms with Crippen molar-refractivity contribution in [3.63, 3.8) is 0 Å². The van der Waals surface area contributed by atoms with Crippen LogP contribution in [0, 0.1) is 0 Å². The summed E-state index contributed by atoms with van der Waals surface area (Å²) in [6.45, 7) is 0.992. The maximum atomic E-state index is 11.0. The number of hydrogen-bond donors (Lipinski definition) is 3. The van der Waals surface area contributed by atoms with Gasteiger partial charge in [0, 0.05) is 30.7 Å². The first-order valence-corrected chi connectivity index (χ1v) is 12.4. The number of hydrogen-bond acceptors (Lipinski definition) is 9. The lowest BCUT2D eigenvalue weighted by Crippen LogP contribution is -2.38. The molecule has 0 saturated heterocycles. The van der Waals surface area contributed by atoms with Gasteiger partial charge in [-0.25, -0.2) is 18.6 Å². The van der Waals surface area contributed by atoms with E-state index in [1.165, 1.54) is 4.57 Å². The molecule has 0 aliphatic carbocycles. The Morgan fingerprint density at radius 1 is 1.14 bits per heavy atom. The van der Waals surface area contributed by atoms with Gasteiger partial charge < -0.3 is 28.9 Å². The fraction of sp³-hybridized carbons (Fsp3) is 0.167. The van der Waals surface area contributed by atoms with Crippen LogP contribution in [0.3, 0.4) is 0 Å². The van der Waals surface area contributed by atoms with E-state index in [2.05, 4.69) is 14.7 Å². The van der Waals surface area contributed by atoms with Crippen molar-refractivity contribution >= 4 is 19.6 Å². The molecule has 0 unspecified atom stereocenters. The SMILES string of the molecule is CC(=O)[O-].Nc1c(-c2cc(Cc3ccc(COc4ccccn4)cc3)no2)ccc[n+]1COP(=O)(O)O. The average Bonchev–Trinajstić information content (AvgIpc) is 3.31. The Kier molecular flexibility index (Phi) is 9.47. The maximum absolute atomic E-state index is 11.0. The summed E-state index contributed by atoms with van der Waals surface area (Å²) < 4.78 is 27.9. The van der Waals surface area contributed by atoms with Crippen LogP contribution in [0.5, 0.6) is 5.88 Å². The van der Waals surface area contributed by atoms with Gasteiger partial charge in [0.15, 0.2) is 5.76 Å². The minimum absolute atomic E-state index is 0.228. The number of nitrogens with zero attached hydrogens (tertiary/aromatic N) is 3. The number of carboxylic acids is 1. The molecule has 3 heterocycles. The van der Waals surface area contributed by atoms with Crippen LogP contribution < -0.4 is 20.1 Å². The Hall–Kier alpha value is -4.09. The van der Waals surface area contributed by atoms with Crippen molar-refractivity contribution in [1.29, 1.82) is 0 Å². The summed E-state index contributed by atoms with van der Waals surface area (Å²) in [6.07, 6.45) is 3.78. The first kappa shape index (κ1) is 27.5. The summed E-state index contributed by atoms with van der Waals surface area (Å²) in [5, 5.41) is 13.0. The molecule has 12 nitrogen and oxygen atoms in total. The van der Waals surface area contributed by atoms with E-state index in [0.717, 1.165) is 18.1 Å². The van der Waals surface area contributed by atoms with Gasteiger partial charge in [-0.2, -0.15) is 0 Å². The van der Waals surface area contributed by atoms with Gasteiger partial charge >= 0.3 is 7.82 Å². The summed E-state index contributed by atoms with van der Waals surface area (Å²) in [5.41, 5.74) is 9.43. The highest BCUT2D eigenvalue weighted by Gasteiger charge is 2.20. The Morgan fingerprint density at radius 2 is 1.84 bits per heavy atom. The number of nitrogen functional groups attached to an aromatic ring is 1. The van der Waals surface area contributed by atoms with Crippen LogP contribution in [0.1, 0.15) is 23.7 Å². The van der Waals surface area contributed by atoms with E-state index in [-0.39, 0.29) is 5.82 Å². The normalized spacial score (nSPS) is 10.9. The van der Waals surface area contributed by atoms with Gasteiger partial charge in [-0.05, 0) is 36.2 Å². The molecule has 37 heavy (non-hydrogen) atoms. The Bertz CT molecular complexity index is 1350. The lowest BCUT2D eigenvalue weighted by Gasteiger charge is -2.07. The third kappa shape index (κ3) is 9.13. The molecule has 3 aromatic heterocycles. The smallest absolute Gasteiger partial charge is 0.472 e. The average molecular weight is 528 g/mol. The van der Waals surface area contributed by atoms with Crippen molar-refractivity contribution in [2.75, 3.05) is 5.73 Å². The molecular formula is C24H25N4O8P. The number of pyridine rings is 2. The molecule has 4 aromatic rings. The number of benzene rings is 1. The summed E-state index contributed by atoms with van der Waals surface area (Å²) in [6, 6.07) is 18.6. The van der Waals surface area contributed by atoms with Crippen molar-refractivity contribution in [2.45, 2.75) is 26.7 Å². The molecule has 0 aliphatic heterocycles. The molecular weight excluding hydrogens is 503 g/mol. The molecule has 0 aliphatic rings. The van der Waals surface area contributed by atoms with E-state index < -0.39 is 20.5 Å². The molecule has 0 fully saturated rings. The zero-order valence-corrected chi connectivity index (χ0v) is 20.7. The third-order valence-corrected chi connectivity index (χ3v) is 5.19. The van der Waals surface area contributed by atoms with Crippen LogP contribution in [-0.2, 0) is 33.6 Å². The topological polar surface area (TPSA) is 185 Å². The largest absolute Gasteiger partial charge is 0.550 e. The van der Waals surface area contributed by atoms with E-state index in [4.69, 9.17) is 34.7 Å². The van der Waals surface area contributed by atoms with E-state index in [1.54, 1.807) is 30.6 Å². The number of anilines is 1. The fourth-order valence-corrected chi connectivity index (χ4v) is 3.37. The number of carbonyl (C=O) groups is 1. The molecule has 0 atom stereocenters. The van der Waals surface area contributed by atoms with E-state index in [0.29, 0.717) is 35.9 Å². The number of carbonyl (C=O) groups excluding carboxylic acids is 1. The molecule has 194 valence electrons. The number of carboxylic acid groups (broad SMARTS) is 1. The number of aromatic nitrogens is 3. The molecule has 0 amide bonds. The Morgan fingerprint density at radius 3 is 2.49 bits per heavy atom. The third-order valence-electron chi connectivity index (χ3n) is 4.74. The second-order valence-electron chi connectivity index (χ2n) is 7.65. The first-order valence-electron chi connectivity index (χ1n) is 10.8. The number of rotatable bonds is 9. The number of nitrogens with two attached hydrogens (primary N) is 1. The van der Waals surface area contributed by atoms with Gasteiger partial charge in [-0.1, -0.05) is 35.5 Å². The van der Waals surface area contributed by atoms with Gasteiger partial charge in [0.25, 0.3) is 5.82 Å². The van der Waals surface area contributed by atoms with Crippen LogP contribution in [0.15, 0.2) is 77.6 Å². The Labute approximate surface area is 212 Å². The summed E-state index contributed by atoms with van der Waals surface area (Å²) >= 11 is 0. The van der Waals surface area contributed by atoms with Gasteiger partial charge in [0.1, 0.15) is 12.2 Å². The van der Waals surface area contributed by atoms with Crippen LogP contribution in [0.4, 0.5) is 5.82 Å². The maximum Gasteiger partial charge on any atom is 0.472 e. The molecule has 1 aromatic carbocycles. The fourth-order valence-electron chi connectivity index (χ4n) is 3.10. The number of phosphoric ester groups is 1. The predicted molar refractivity (Wildman–Crippen MR) is 128 cm³/mol. The van der Waals surface area contributed by atoms with Crippen LogP contribution in [0.2, 0.25) is 0 Å². The molecule has 0 spiro atoms. The van der Waals surface area contributed by atoms with Crippen molar-refractivity contribution in [3.05, 3.63) is 89.9 Å². The van der Waals surface area contributed by atoms with Gasteiger partial charge in [-0.3, -0.25) is 5.73 Å². The van der Waals surface area contributed by atoms with Crippen molar-refractivity contribution < 1.29 is 42.6 Å². The molecule has 4 rings (SSSR count). The lowest BCUT2D eigenvalue weighted by molar-refractivity contribution is -0.711. The highest BCUT2D eigenvalue weighted by atomic mass is 31.2. The number of ether oxygens (including phenoxy) is 1. The van der Waals surface area contributed by atoms with Crippen LogP contribution in [0.25, 0.3) is 11.3 Å². The Balaban J connectivity index is 0.000000886. The lowest BCUT2D eigenvalue weighted by atomic mass is 10.1. The number of phosphoric acid groups is 1. The van der Waals surface area contributed by atoms with Crippen LogP contribution >= 0.6 is 7.82 Å². The summed E-state index contributed by atoms with van der Waals surface area (Å²) in [5.74, 6) is 0.158. The number of aliphatic carboxylic acids is 1. The van der Waals surface area contributed by atoms with Crippen LogP contribution in [-0.4, -0.2) is 25.9 Å². The quantitative estimate of drug-likeness (QED) is 0.212. The van der Waals surface area contributed by atoms with E-state index in [1.807, 2.05) is 42.5 Å². The standard InChI is InChI=1S/C22H21N4O6P.C2H4O2/c23-22-19(4-3-11-26(22)15-31-33(27,28)29)20-13-18(25-32-20)12-16-6-8-17(9-7-16)14-30-21-5-1-2-10-24-21;1-2(3)4/h1-11,13,23H,12,14-15H2,(H2,27,28,29);1H3,(H,3,4). The highest BCUT2D eigenvalue weighted by Crippen LogP contribution is 2.35. The van der Waals surface area contributed by atoms with Crippen molar-refractivity contribution in [1.82, 2.24) is 10.1 Å². The molecule has 4 N–H and O–H groups in total. The molecule has 0 saturated carbocycles. The van der Waals surface area contributed by atoms with E-state index >= 15 is 0 Å². The van der Waals surface area contributed by atoms with E-state index in [9.17, 15) is 4.57 Å². The van der Waals surface area contributed by atoms with Crippen molar-refractivity contribution in [3.8, 4) is 17.2 Å². The zero-order chi connectivity index (χ0) is 26.8. The minimum Gasteiger partial charge on any atom is -0.550 e. The predicted octanol–water partition coefficient (Wildman–Crippen LogP) is 1.60. The van der Waals surface area contributed by atoms with Gasteiger partial charge in [0.05, 0.1) is 11.9 Å². The monoisotopic (exact) mass is 528 g/mol. The summed E-state index contributed by atoms with van der Waals surface area (Å²) in [7, 11) is -4.62. The first-order chi connectivity index (χ1) is 17.6. The minimum atomic E-state index is -4.62. The second kappa shape index (κ2) is 12.7.